The predicted molar refractivity (Wildman–Crippen MR) is 37.2 cm³/mol. The number of nitrogens with zero attached hydrogens (tertiary/aromatic N) is 2. The number of aliphatic hydroxyl groups excluding tert-OH is 1. The van der Waals surface area contributed by atoms with Gasteiger partial charge >= 0.3 is 0 Å². The Morgan fingerprint density at radius 1 is 1.64 bits per heavy atom. The van der Waals surface area contributed by atoms with Gasteiger partial charge in [-0.2, -0.15) is 5.26 Å². The molecular formula is C6H11N3O2. The zero-order valence-electron chi connectivity index (χ0n) is 6.06. The van der Waals surface area contributed by atoms with Crippen LogP contribution in [0, 0.1) is 11.3 Å². The maximum Gasteiger partial charge on any atom is 0.213 e. The monoisotopic (exact) mass is 157 g/mol. The van der Waals surface area contributed by atoms with E-state index in [1.54, 1.807) is 0 Å². The van der Waals surface area contributed by atoms with Gasteiger partial charge in [-0.1, -0.05) is 0 Å². The van der Waals surface area contributed by atoms with Crippen LogP contribution in [0.25, 0.3) is 0 Å². The van der Waals surface area contributed by atoms with Crippen molar-refractivity contribution in [3.63, 3.8) is 0 Å². The quantitative estimate of drug-likeness (QED) is 0.386. The molecule has 0 saturated carbocycles. The summed E-state index contributed by atoms with van der Waals surface area (Å²) in [6.07, 6.45) is -1.44. The van der Waals surface area contributed by atoms with Gasteiger partial charge in [-0.3, -0.25) is 10.2 Å². The van der Waals surface area contributed by atoms with Gasteiger partial charge < -0.3 is 10.2 Å². The van der Waals surface area contributed by atoms with Crippen LogP contribution in [-0.4, -0.2) is 47.2 Å². The van der Waals surface area contributed by atoms with Crippen molar-refractivity contribution >= 4 is 0 Å². The first-order chi connectivity index (χ1) is 5.24. The number of hydrogen-bond donors (Lipinski definition) is 3. The average Bonchev–Trinajstić information content (AvgIpc) is 2.05. The molecule has 1 fully saturated rings. The lowest BCUT2D eigenvalue weighted by molar-refractivity contribution is -0.159. The van der Waals surface area contributed by atoms with Gasteiger partial charge in [0.1, 0.15) is 6.04 Å². The highest BCUT2D eigenvalue weighted by Gasteiger charge is 2.21. The van der Waals surface area contributed by atoms with Crippen molar-refractivity contribution in [3.05, 3.63) is 0 Å². The van der Waals surface area contributed by atoms with E-state index >= 15 is 0 Å². The molecule has 1 rings (SSSR count). The molecule has 0 aromatic carbocycles. The molecule has 0 amide bonds. The highest BCUT2D eigenvalue weighted by atomic mass is 16.5. The van der Waals surface area contributed by atoms with E-state index < -0.39 is 6.41 Å². The van der Waals surface area contributed by atoms with Crippen molar-refractivity contribution in [2.45, 2.75) is 12.5 Å². The van der Waals surface area contributed by atoms with Crippen LogP contribution in [0.5, 0.6) is 0 Å². The molecule has 0 aromatic rings. The standard InChI is InChI=1S/C6H11N3O2/c7-3-5-4-9(6(10)11)2-1-8-5/h5-6,8,10-11H,1-2,4H2/t5-/m1/s1. The molecule has 5 heteroatoms. The second-order valence-electron chi connectivity index (χ2n) is 2.48. The fourth-order valence-electron chi connectivity index (χ4n) is 1.07. The number of nitrogens with one attached hydrogen (secondary N) is 1. The van der Waals surface area contributed by atoms with E-state index in [2.05, 4.69) is 5.32 Å². The number of aliphatic hydroxyl groups is 2. The zero-order chi connectivity index (χ0) is 8.27. The maximum atomic E-state index is 8.73. The summed E-state index contributed by atoms with van der Waals surface area (Å²) >= 11 is 0. The Balaban J connectivity index is 2.41. The van der Waals surface area contributed by atoms with Crippen LogP contribution in [0.1, 0.15) is 0 Å². The second kappa shape index (κ2) is 3.64. The highest BCUT2D eigenvalue weighted by molar-refractivity contribution is 4.94. The van der Waals surface area contributed by atoms with E-state index in [1.165, 1.54) is 4.90 Å². The molecule has 1 atom stereocenters. The van der Waals surface area contributed by atoms with E-state index in [4.69, 9.17) is 15.5 Å². The van der Waals surface area contributed by atoms with Gasteiger partial charge in [-0.15, -0.1) is 0 Å². The largest absolute Gasteiger partial charge is 0.356 e. The van der Waals surface area contributed by atoms with Crippen molar-refractivity contribution in [2.75, 3.05) is 19.6 Å². The highest BCUT2D eigenvalue weighted by Crippen LogP contribution is 1.99. The van der Waals surface area contributed by atoms with E-state index in [0.717, 1.165) is 0 Å². The number of piperazine rings is 1. The summed E-state index contributed by atoms with van der Waals surface area (Å²) in [7, 11) is 0. The van der Waals surface area contributed by atoms with Gasteiger partial charge in [0.15, 0.2) is 0 Å². The Hall–Kier alpha value is -0.670. The fourth-order valence-corrected chi connectivity index (χ4v) is 1.07. The zero-order valence-corrected chi connectivity index (χ0v) is 6.06. The lowest BCUT2D eigenvalue weighted by Crippen LogP contribution is -2.53. The van der Waals surface area contributed by atoms with Gasteiger partial charge in [0.2, 0.25) is 6.41 Å². The van der Waals surface area contributed by atoms with Crippen LogP contribution in [0.2, 0.25) is 0 Å². The van der Waals surface area contributed by atoms with E-state index in [-0.39, 0.29) is 6.04 Å². The third kappa shape index (κ3) is 2.13. The maximum absolute atomic E-state index is 8.73. The van der Waals surface area contributed by atoms with E-state index in [9.17, 15) is 0 Å². The van der Waals surface area contributed by atoms with Gasteiger partial charge in [0, 0.05) is 19.6 Å². The van der Waals surface area contributed by atoms with Crippen LogP contribution < -0.4 is 5.32 Å². The summed E-state index contributed by atoms with van der Waals surface area (Å²) in [6, 6.07) is 1.73. The van der Waals surface area contributed by atoms with Crippen molar-refractivity contribution in [1.29, 1.82) is 5.26 Å². The molecule has 1 heterocycles. The van der Waals surface area contributed by atoms with Crippen molar-refractivity contribution in [2.24, 2.45) is 0 Å². The molecule has 3 N–H and O–H groups in total. The molecule has 5 nitrogen and oxygen atoms in total. The van der Waals surface area contributed by atoms with Gasteiger partial charge in [0.25, 0.3) is 0 Å². The Labute approximate surface area is 64.8 Å². The summed E-state index contributed by atoms with van der Waals surface area (Å²) in [6.45, 7) is 1.56. The van der Waals surface area contributed by atoms with Crippen molar-refractivity contribution in [3.8, 4) is 6.07 Å². The SMILES string of the molecule is N#C[C@@H]1CN(C(O)O)CCN1. The van der Waals surface area contributed by atoms with Crippen LogP contribution in [0.3, 0.4) is 0 Å². The molecule has 0 radical (unpaired) electrons. The van der Waals surface area contributed by atoms with Gasteiger partial charge in [-0.05, 0) is 0 Å². The van der Waals surface area contributed by atoms with E-state index in [1.807, 2.05) is 6.07 Å². The smallest absolute Gasteiger partial charge is 0.213 e. The minimum Gasteiger partial charge on any atom is -0.356 e. The summed E-state index contributed by atoms with van der Waals surface area (Å²) in [5.41, 5.74) is 0. The molecule has 0 bridgehead atoms. The molecule has 0 aromatic heterocycles. The van der Waals surface area contributed by atoms with E-state index in [0.29, 0.717) is 19.6 Å². The normalized spacial score (nSPS) is 26.9. The summed E-state index contributed by atoms with van der Waals surface area (Å²) < 4.78 is 0. The Morgan fingerprint density at radius 2 is 2.36 bits per heavy atom. The minimum absolute atomic E-state index is 0.287. The van der Waals surface area contributed by atoms with Crippen molar-refractivity contribution in [1.82, 2.24) is 10.2 Å². The topological polar surface area (TPSA) is 79.5 Å². The summed E-state index contributed by atoms with van der Waals surface area (Å²) in [4.78, 5) is 1.43. The molecule has 1 saturated heterocycles. The van der Waals surface area contributed by atoms with Crippen LogP contribution in [0.15, 0.2) is 0 Å². The fraction of sp³-hybridized carbons (Fsp3) is 0.833. The summed E-state index contributed by atoms with van der Waals surface area (Å²) in [5.74, 6) is 0. The lowest BCUT2D eigenvalue weighted by atomic mass is 10.2. The molecule has 0 spiro atoms. The van der Waals surface area contributed by atoms with Crippen LogP contribution in [0.4, 0.5) is 0 Å². The van der Waals surface area contributed by atoms with Crippen LogP contribution >= 0.6 is 0 Å². The first-order valence-electron chi connectivity index (χ1n) is 3.47. The van der Waals surface area contributed by atoms with Crippen LogP contribution in [-0.2, 0) is 0 Å². The second-order valence-corrected chi connectivity index (χ2v) is 2.48. The predicted octanol–water partition coefficient (Wildman–Crippen LogP) is -1.95. The Kier molecular flexibility index (Phi) is 2.79. The van der Waals surface area contributed by atoms with Gasteiger partial charge in [0.05, 0.1) is 6.07 Å². The minimum atomic E-state index is -1.44. The average molecular weight is 157 g/mol. The molecular weight excluding hydrogens is 146 g/mol. The number of nitriles is 1. The third-order valence-electron chi connectivity index (χ3n) is 1.69. The van der Waals surface area contributed by atoms with Crippen molar-refractivity contribution < 1.29 is 10.2 Å². The Bertz CT molecular complexity index is 166. The van der Waals surface area contributed by atoms with Gasteiger partial charge in [-0.25, -0.2) is 0 Å². The molecule has 62 valence electrons. The third-order valence-corrected chi connectivity index (χ3v) is 1.69. The molecule has 0 aliphatic carbocycles. The number of rotatable bonds is 1. The first kappa shape index (κ1) is 8.43. The molecule has 1 aliphatic heterocycles. The summed E-state index contributed by atoms with van der Waals surface area (Å²) in [5, 5.41) is 28.9. The molecule has 0 unspecified atom stereocenters. The lowest BCUT2D eigenvalue weighted by Gasteiger charge is -2.31. The molecule has 1 aliphatic rings. The number of hydrogen-bond acceptors (Lipinski definition) is 5. The molecule has 11 heavy (non-hydrogen) atoms. The Morgan fingerprint density at radius 3 is 2.91 bits per heavy atom. The first-order valence-corrected chi connectivity index (χ1v) is 3.47.